The molecule has 0 fully saturated rings. The van der Waals surface area contributed by atoms with Crippen LogP contribution in [0, 0.1) is 0 Å². The second kappa shape index (κ2) is 14.5. The first-order chi connectivity index (χ1) is 31.7. The Labute approximate surface area is 368 Å². The fraction of sp³-hybridized carbons (Fsp3) is 0. The van der Waals surface area contributed by atoms with Crippen LogP contribution in [0.3, 0.4) is 0 Å². The van der Waals surface area contributed by atoms with Gasteiger partial charge >= 0.3 is 0 Å². The van der Waals surface area contributed by atoms with Crippen LogP contribution in [-0.4, -0.2) is 0 Å². The molecule has 0 radical (unpaired) electrons. The van der Waals surface area contributed by atoms with E-state index in [-0.39, 0.29) is 0 Å². The van der Waals surface area contributed by atoms with Gasteiger partial charge in [-0.15, -0.1) is 0 Å². The molecule has 4 nitrogen and oxygen atoms in total. The quantitative estimate of drug-likeness (QED) is 0.161. The molecule has 64 heavy (non-hydrogen) atoms. The Bertz CT molecular complexity index is 3780. The van der Waals surface area contributed by atoms with Crippen LogP contribution in [0.2, 0.25) is 0 Å². The molecule has 0 atom stereocenters. The number of hydrogen-bond donors (Lipinski definition) is 0. The zero-order chi connectivity index (χ0) is 42.1. The summed E-state index contributed by atoms with van der Waals surface area (Å²) in [6, 6.07) is 79.1. The molecule has 3 aromatic heterocycles. The van der Waals surface area contributed by atoms with E-state index in [4.69, 9.17) is 13.3 Å². The van der Waals surface area contributed by atoms with Gasteiger partial charge in [0.25, 0.3) is 0 Å². The molecular formula is C60H37NO3. The van der Waals surface area contributed by atoms with Gasteiger partial charge in [-0.3, -0.25) is 0 Å². The van der Waals surface area contributed by atoms with Crippen LogP contribution in [0.1, 0.15) is 0 Å². The summed E-state index contributed by atoms with van der Waals surface area (Å²) >= 11 is 0. The number of benzene rings is 10. The Morgan fingerprint density at radius 1 is 0.250 bits per heavy atom. The lowest BCUT2D eigenvalue weighted by Gasteiger charge is -2.26. The van der Waals surface area contributed by atoms with Crippen molar-refractivity contribution >= 4 is 82.9 Å². The normalized spacial score (nSPS) is 11.8. The van der Waals surface area contributed by atoms with E-state index in [9.17, 15) is 0 Å². The molecule has 0 aliphatic carbocycles. The summed E-state index contributed by atoms with van der Waals surface area (Å²) < 4.78 is 20.0. The van der Waals surface area contributed by atoms with Crippen LogP contribution in [0.4, 0.5) is 17.1 Å². The van der Waals surface area contributed by atoms with E-state index in [2.05, 4.69) is 193 Å². The topological polar surface area (TPSA) is 42.7 Å². The van der Waals surface area contributed by atoms with Crippen molar-refractivity contribution in [2.45, 2.75) is 0 Å². The molecule has 13 aromatic rings. The van der Waals surface area contributed by atoms with Gasteiger partial charge in [0.15, 0.2) is 0 Å². The van der Waals surface area contributed by atoms with Crippen molar-refractivity contribution in [3.8, 4) is 44.5 Å². The maximum Gasteiger partial charge on any atom is 0.143 e. The highest BCUT2D eigenvalue weighted by atomic mass is 16.3. The SMILES string of the molecule is c1ccc(-c2ccc(N(c3ccc(-c4ccccc4)cc3)c3ccc(-c4cc(-c5cccc6c5oc5ccccc56)cc5c4oc4ccc6oc7ccccc7c6c45)cc3)cc2)cc1. The molecular weight excluding hydrogens is 783 g/mol. The van der Waals surface area contributed by atoms with Crippen molar-refractivity contribution in [3.63, 3.8) is 0 Å². The average molecular weight is 820 g/mol. The average Bonchev–Trinajstić information content (AvgIpc) is 4.06. The lowest BCUT2D eigenvalue weighted by molar-refractivity contribution is 0.663. The van der Waals surface area contributed by atoms with Crippen LogP contribution in [0.25, 0.3) is 110 Å². The molecule has 300 valence electrons. The molecule has 0 aliphatic rings. The van der Waals surface area contributed by atoms with E-state index >= 15 is 0 Å². The number of furan rings is 3. The van der Waals surface area contributed by atoms with Gasteiger partial charge < -0.3 is 18.2 Å². The van der Waals surface area contributed by atoms with Gasteiger partial charge in [-0.05, 0) is 106 Å². The summed E-state index contributed by atoms with van der Waals surface area (Å²) in [4.78, 5) is 2.32. The van der Waals surface area contributed by atoms with E-state index < -0.39 is 0 Å². The highest BCUT2D eigenvalue weighted by Crippen LogP contribution is 2.47. The van der Waals surface area contributed by atoms with E-state index in [1.165, 1.54) is 22.3 Å². The maximum atomic E-state index is 6.93. The van der Waals surface area contributed by atoms with Gasteiger partial charge in [0.1, 0.15) is 33.5 Å². The molecule has 3 heterocycles. The molecule has 10 aromatic carbocycles. The minimum atomic E-state index is 0.815. The summed E-state index contributed by atoms with van der Waals surface area (Å²) in [5.74, 6) is 0. The van der Waals surface area contributed by atoms with Crippen molar-refractivity contribution in [1.29, 1.82) is 0 Å². The Morgan fingerprint density at radius 3 is 1.33 bits per heavy atom. The molecule has 0 spiro atoms. The van der Waals surface area contributed by atoms with Crippen LogP contribution >= 0.6 is 0 Å². The second-order valence-corrected chi connectivity index (χ2v) is 16.4. The number of rotatable bonds is 7. The summed E-state index contributed by atoms with van der Waals surface area (Å²) in [6.07, 6.45) is 0. The summed E-state index contributed by atoms with van der Waals surface area (Å²) in [5.41, 5.74) is 17.1. The molecule has 0 unspecified atom stereocenters. The summed E-state index contributed by atoms with van der Waals surface area (Å²) in [7, 11) is 0. The van der Waals surface area contributed by atoms with Crippen LogP contribution in [0.15, 0.2) is 238 Å². The van der Waals surface area contributed by atoms with Crippen molar-refractivity contribution in [3.05, 3.63) is 224 Å². The fourth-order valence-electron chi connectivity index (χ4n) is 9.63. The standard InChI is InChI=1S/C60H37NO3/c1-3-12-38(13-4-1)40-22-28-44(29-23-40)61(45-30-24-41(25-31-45)39-14-5-2-6-15-39)46-32-26-42(27-33-46)51-36-43(47-18-11-19-49-48-16-7-9-20-53(48)63-59(47)49)37-52-58-56(64-60(51)52)35-34-55-57(58)50-17-8-10-21-54(50)62-55/h1-37H. The molecule has 0 bridgehead atoms. The lowest BCUT2D eigenvalue weighted by atomic mass is 9.94. The first-order valence-electron chi connectivity index (χ1n) is 21.6. The maximum absolute atomic E-state index is 6.93. The highest BCUT2D eigenvalue weighted by molar-refractivity contribution is 6.27. The van der Waals surface area contributed by atoms with Gasteiger partial charge in [-0.1, -0.05) is 152 Å². The molecule has 0 N–H and O–H groups in total. The van der Waals surface area contributed by atoms with Crippen LogP contribution < -0.4 is 4.90 Å². The first kappa shape index (κ1) is 36.1. The predicted octanol–water partition coefficient (Wildman–Crippen LogP) is 17.5. The smallest absolute Gasteiger partial charge is 0.143 e. The molecule has 13 rings (SSSR count). The number of para-hydroxylation sites is 3. The zero-order valence-corrected chi connectivity index (χ0v) is 34.5. The predicted molar refractivity (Wildman–Crippen MR) is 265 cm³/mol. The summed E-state index contributed by atoms with van der Waals surface area (Å²) in [5, 5.41) is 6.38. The highest BCUT2D eigenvalue weighted by Gasteiger charge is 2.22. The minimum absolute atomic E-state index is 0.815. The van der Waals surface area contributed by atoms with Gasteiger partial charge in [-0.25, -0.2) is 0 Å². The Kier molecular flexibility index (Phi) is 8.18. The number of hydrogen-bond acceptors (Lipinski definition) is 4. The Hall–Kier alpha value is -8.60. The fourth-order valence-corrected chi connectivity index (χ4v) is 9.63. The van der Waals surface area contributed by atoms with Gasteiger partial charge in [0.2, 0.25) is 0 Å². The third kappa shape index (κ3) is 5.84. The Morgan fingerprint density at radius 2 is 0.703 bits per heavy atom. The monoisotopic (exact) mass is 819 g/mol. The zero-order valence-electron chi connectivity index (χ0n) is 34.5. The van der Waals surface area contributed by atoms with Crippen LogP contribution in [-0.2, 0) is 0 Å². The second-order valence-electron chi connectivity index (χ2n) is 16.4. The Balaban J connectivity index is 0.993. The van der Waals surface area contributed by atoms with Gasteiger partial charge in [0.05, 0.1) is 0 Å². The van der Waals surface area contributed by atoms with Crippen LogP contribution in [0.5, 0.6) is 0 Å². The molecule has 4 heteroatoms. The van der Waals surface area contributed by atoms with E-state index in [0.29, 0.717) is 0 Å². The van der Waals surface area contributed by atoms with Crippen molar-refractivity contribution in [2.24, 2.45) is 0 Å². The minimum Gasteiger partial charge on any atom is -0.456 e. The van der Waals surface area contributed by atoms with Crippen molar-refractivity contribution in [2.75, 3.05) is 4.90 Å². The number of nitrogens with zero attached hydrogens (tertiary/aromatic N) is 1. The largest absolute Gasteiger partial charge is 0.456 e. The van der Waals surface area contributed by atoms with Crippen molar-refractivity contribution < 1.29 is 13.3 Å². The van der Waals surface area contributed by atoms with Gasteiger partial charge in [0, 0.05) is 60.5 Å². The summed E-state index contributed by atoms with van der Waals surface area (Å²) in [6.45, 7) is 0. The third-order valence-electron chi connectivity index (χ3n) is 12.7. The molecule has 0 amide bonds. The molecule has 0 saturated carbocycles. The third-order valence-corrected chi connectivity index (χ3v) is 12.7. The van der Waals surface area contributed by atoms with E-state index in [1.807, 2.05) is 36.4 Å². The number of anilines is 3. The molecule has 0 aliphatic heterocycles. The number of fused-ring (bicyclic) bond motifs is 10. The van der Waals surface area contributed by atoms with Gasteiger partial charge in [-0.2, -0.15) is 0 Å². The molecule has 0 saturated heterocycles. The van der Waals surface area contributed by atoms with E-state index in [1.54, 1.807) is 0 Å². The lowest BCUT2D eigenvalue weighted by Crippen LogP contribution is -2.09. The first-order valence-corrected chi connectivity index (χ1v) is 21.6. The van der Waals surface area contributed by atoms with Crippen molar-refractivity contribution in [1.82, 2.24) is 0 Å². The van der Waals surface area contributed by atoms with E-state index in [0.717, 1.165) is 105 Å².